The number of H-pyrrole nitrogens is 1. The number of amides is 1. The average Bonchev–Trinajstić information content (AvgIpc) is 2.54. The molecule has 2 aromatic carbocycles. The normalized spacial score (nSPS) is 10.6. The Morgan fingerprint density at radius 1 is 1.21 bits per heavy atom. The number of aromatic nitrogens is 1. The summed E-state index contributed by atoms with van der Waals surface area (Å²) in [6.45, 7) is 1.49. The van der Waals surface area contributed by atoms with E-state index in [2.05, 4.69) is 10.3 Å². The minimum atomic E-state index is -0.429. The van der Waals surface area contributed by atoms with Gasteiger partial charge >= 0.3 is 0 Å². The molecule has 0 aliphatic rings. The van der Waals surface area contributed by atoms with Gasteiger partial charge in [-0.3, -0.25) is 9.59 Å². The van der Waals surface area contributed by atoms with Gasteiger partial charge in [0.05, 0.1) is 5.52 Å². The first-order chi connectivity index (χ1) is 11.5. The van der Waals surface area contributed by atoms with Gasteiger partial charge in [-0.1, -0.05) is 12.1 Å². The first-order valence-corrected chi connectivity index (χ1v) is 7.33. The van der Waals surface area contributed by atoms with E-state index in [4.69, 9.17) is 4.74 Å². The van der Waals surface area contributed by atoms with Crippen molar-refractivity contribution in [2.75, 3.05) is 11.9 Å². The number of carbonyl (C=O) groups excluding carboxylic acids is 1. The van der Waals surface area contributed by atoms with Crippen LogP contribution in [-0.4, -0.2) is 17.5 Å². The molecule has 122 valence electrons. The number of aromatic amines is 1. The molecule has 0 aliphatic heterocycles. The second kappa shape index (κ2) is 6.54. The topological polar surface area (TPSA) is 71.2 Å². The Morgan fingerprint density at radius 3 is 2.83 bits per heavy atom. The van der Waals surface area contributed by atoms with Crippen molar-refractivity contribution in [3.05, 3.63) is 70.3 Å². The Hall–Kier alpha value is -3.15. The highest BCUT2D eigenvalue weighted by atomic mass is 19.1. The zero-order chi connectivity index (χ0) is 17.1. The molecule has 24 heavy (non-hydrogen) atoms. The lowest BCUT2D eigenvalue weighted by molar-refractivity contribution is -0.118. The number of hydrogen-bond donors (Lipinski definition) is 2. The quantitative estimate of drug-likeness (QED) is 0.774. The SMILES string of the molecule is Cc1cc2ccc(NC(=O)COc3cccc(F)c3)cc2[nH]c1=O. The van der Waals surface area contributed by atoms with Gasteiger partial charge in [0, 0.05) is 17.3 Å². The largest absolute Gasteiger partial charge is 0.484 e. The van der Waals surface area contributed by atoms with Gasteiger partial charge in [0.2, 0.25) is 0 Å². The van der Waals surface area contributed by atoms with Crippen molar-refractivity contribution < 1.29 is 13.9 Å². The van der Waals surface area contributed by atoms with Gasteiger partial charge in [-0.15, -0.1) is 0 Å². The summed E-state index contributed by atoms with van der Waals surface area (Å²) in [4.78, 5) is 26.3. The number of halogens is 1. The molecule has 0 aliphatic carbocycles. The van der Waals surface area contributed by atoms with Crippen molar-refractivity contribution in [1.82, 2.24) is 4.98 Å². The van der Waals surface area contributed by atoms with Gasteiger partial charge in [0.1, 0.15) is 11.6 Å². The van der Waals surface area contributed by atoms with E-state index in [1.54, 1.807) is 37.3 Å². The monoisotopic (exact) mass is 326 g/mol. The number of aryl methyl sites for hydroxylation is 1. The summed E-state index contributed by atoms with van der Waals surface area (Å²) in [6.07, 6.45) is 0. The number of benzene rings is 2. The van der Waals surface area contributed by atoms with E-state index < -0.39 is 5.82 Å². The zero-order valence-electron chi connectivity index (χ0n) is 12.9. The third-order valence-corrected chi connectivity index (χ3v) is 3.48. The standard InChI is InChI=1S/C18H15FN2O3/c1-11-7-12-5-6-14(9-16(12)21-18(11)23)20-17(22)10-24-15-4-2-3-13(19)8-15/h2-9H,10H2,1H3,(H,20,22)(H,21,23). The molecule has 0 radical (unpaired) electrons. The van der Waals surface area contributed by atoms with Crippen molar-refractivity contribution in [2.45, 2.75) is 6.92 Å². The molecular weight excluding hydrogens is 311 g/mol. The molecule has 0 spiro atoms. The van der Waals surface area contributed by atoms with Crippen molar-refractivity contribution in [2.24, 2.45) is 0 Å². The van der Waals surface area contributed by atoms with E-state index in [1.165, 1.54) is 18.2 Å². The van der Waals surface area contributed by atoms with Gasteiger partial charge < -0.3 is 15.0 Å². The van der Waals surface area contributed by atoms with Crippen molar-refractivity contribution in [1.29, 1.82) is 0 Å². The number of hydrogen-bond acceptors (Lipinski definition) is 3. The predicted molar refractivity (Wildman–Crippen MR) is 89.8 cm³/mol. The Balaban J connectivity index is 1.69. The maximum atomic E-state index is 13.0. The van der Waals surface area contributed by atoms with Crippen LogP contribution in [0, 0.1) is 12.7 Å². The van der Waals surface area contributed by atoms with E-state index in [1.807, 2.05) is 0 Å². The first-order valence-electron chi connectivity index (χ1n) is 7.33. The number of anilines is 1. The van der Waals surface area contributed by atoms with Crippen LogP contribution in [0.1, 0.15) is 5.56 Å². The maximum absolute atomic E-state index is 13.0. The predicted octanol–water partition coefficient (Wildman–Crippen LogP) is 2.99. The summed E-state index contributed by atoms with van der Waals surface area (Å²) >= 11 is 0. The molecule has 5 nitrogen and oxygen atoms in total. The Kier molecular flexibility index (Phi) is 4.29. The number of pyridine rings is 1. The first kappa shape index (κ1) is 15.7. The number of rotatable bonds is 4. The van der Waals surface area contributed by atoms with E-state index in [0.717, 1.165) is 5.39 Å². The fraction of sp³-hybridized carbons (Fsp3) is 0.111. The van der Waals surface area contributed by atoms with Crippen LogP contribution < -0.4 is 15.6 Å². The van der Waals surface area contributed by atoms with Crippen LogP contribution in [0.15, 0.2) is 53.3 Å². The van der Waals surface area contributed by atoms with Crippen LogP contribution in [-0.2, 0) is 4.79 Å². The van der Waals surface area contributed by atoms with E-state index >= 15 is 0 Å². The van der Waals surface area contributed by atoms with Gasteiger partial charge in [-0.05, 0) is 42.6 Å². The fourth-order valence-corrected chi connectivity index (χ4v) is 2.29. The number of nitrogens with one attached hydrogen (secondary N) is 2. The molecule has 0 saturated carbocycles. The lowest BCUT2D eigenvalue weighted by Gasteiger charge is -2.08. The second-order valence-corrected chi connectivity index (χ2v) is 5.38. The third-order valence-electron chi connectivity index (χ3n) is 3.48. The minimum absolute atomic E-state index is 0.166. The molecule has 2 N–H and O–H groups in total. The highest BCUT2D eigenvalue weighted by molar-refractivity contribution is 5.94. The number of carbonyl (C=O) groups is 1. The van der Waals surface area contributed by atoms with Crippen LogP contribution in [0.5, 0.6) is 5.75 Å². The molecule has 0 unspecified atom stereocenters. The van der Waals surface area contributed by atoms with Gasteiger partial charge in [-0.25, -0.2) is 4.39 Å². The fourth-order valence-electron chi connectivity index (χ4n) is 2.29. The molecule has 0 atom stereocenters. The number of fused-ring (bicyclic) bond motifs is 1. The maximum Gasteiger partial charge on any atom is 0.262 e. The van der Waals surface area contributed by atoms with Gasteiger partial charge in [0.15, 0.2) is 6.61 Å². The molecule has 1 heterocycles. The van der Waals surface area contributed by atoms with Crippen molar-refractivity contribution >= 4 is 22.5 Å². The lowest BCUT2D eigenvalue weighted by Crippen LogP contribution is -2.20. The van der Waals surface area contributed by atoms with E-state index in [9.17, 15) is 14.0 Å². The van der Waals surface area contributed by atoms with Crippen LogP contribution >= 0.6 is 0 Å². The van der Waals surface area contributed by atoms with Crippen LogP contribution in [0.3, 0.4) is 0 Å². The molecule has 1 amide bonds. The summed E-state index contributed by atoms with van der Waals surface area (Å²) in [5.74, 6) is -0.529. The Bertz CT molecular complexity index is 966. The Labute approximate surface area is 137 Å². The summed E-state index contributed by atoms with van der Waals surface area (Å²) in [5, 5.41) is 3.55. The molecule has 1 aromatic heterocycles. The summed E-state index contributed by atoms with van der Waals surface area (Å²) in [6, 6.07) is 12.6. The highest BCUT2D eigenvalue weighted by Crippen LogP contribution is 2.17. The van der Waals surface area contributed by atoms with E-state index in [0.29, 0.717) is 16.8 Å². The van der Waals surface area contributed by atoms with E-state index in [-0.39, 0.29) is 23.8 Å². The molecule has 3 aromatic rings. The highest BCUT2D eigenvalue weighted by Gasteiger charge is 2.06. The Morgan fingerprint density at radius 2 is 2.04 bits per heavy atom. The van der Waals surface area contributed by atoms with Crippen LogP contribution in [0.25, 0.3) is 10.9 Å². The minimum Gasteiger partial charge on any atom is -0.484 e. The van der Waals surface area contributed by atoms with Gasteiger partial charge in [0.25, 0.3) is 11.5 Å². The molecule has 0 saturated heterocycles. The smallest absolute Gasteiger partial charge is 0.262 e. The number of ether oxygens (including phenoxy) is 1. The summed E-state index contributed by atoms with van der Waals surface area (Å²) < 4.78 is 18.3. The van der Waals surface area contributed by atoms with Crippen molar-refractivity contribution in [3.8, 4) is 5.75 Å². The van der Waals surface area contributed by atoms with Crippen molar-refractivity contribution in [3.63, 3.8) is 0 Å². The third kappa shape index (κ3) is 3.60. The summed E-state index contributed by atoms with van der Waals surface area (Å²) in [5.41, 5.74) is 1.63. The van der Waals surface area contributed by atoms with Crippen LogP contribution in [0.4, 0.5) is 10.1 Å². The van der Waals surface area contributed by atoms with Crippen LogP contribution in [0.2, 0.25) is 0 Å². The zero-order valence-corrected chi connectivity index (χ0v) is 12.9. The average molecular weight is 326 g/mol. The molecule has 0 fully saturated rings. The lowest BCUT2D eigenvalue weighted by atomic mass is 10.1. The molecule has 3 rings (SSSR count). The second-order valence-electron chi connectivity index (χ2n) is 5.38. The molecule has 6 heteroatoms. The summed E-state index contributed by atoms with van der Waals surface area (Å²) in [7, 11) is 0. The molecular formula is C18H15FN2O3. The molecule has 0 bridgehead atoms. The van der Waals surface area contributed by atoms with Gasteiger partial charge in [-0.2, -0.15) is 0 Å².